The summed E-state index contributed by atoms with van der Waals surface area (Å²) in [6, 6.07) is 8.10. The minimum atomic E-state index is -0.604. The molecule has 2 aromatic carbocycles. The van der Waals surface area contributed by atoms with Crippen LogP contribution in [0.2, 0.25) is 0 Å². The molecule has 0 saturated heterocycles. The first-order chi connectivity index (χ1) is 9.54. The molecule has 0 aliphatic heterocycles. The molecule has 5 heteroatoms. The van der Waals surface area contributed by atoms with Crippen molar-refractivity contribution in [1.29, 1.82) is 0 Å². The van der Waals surface area contributed by atoms with Crippen molar-refractivity contribution in [2.45, 2.75) is 18.9 Å². The van der Waals surface area contributed by atoms with Crippen LogP contribution >= 0.6 is 15.9 Å². The number of nitrogens with one attached hydrogen (secondary N) is 1. The molecule has 104 valence electrons. The Hall–Kier alpha value is -1.62. The summed E-state index contributed by atoms with van der Waals surface area (Å²) in [5.41, 5.74) is 9.10. The smallest absolute Gasteiger partial charge is 0.149 e. The number of hydrogen-bond acceptors (Lipinski definition) is 2. The molecule has 0 heterocycles. The van der Waals surface area contributed by atoms with E-state index in [0.717, 1.165) is 30.2 Å². The van der Waals surface area contributed by atoms with Crippen LogP contribution in [0.25, 0.3) is 0 Å². The molecule has 1 atom stereocenters. The van der Waals surface area contributed by atoms with E-state index in [1.54, 1.807) is 0 Å². The number of fused-ring (bicyclic) bond motifs is 1. The fourth-order valence-corrected chi connectivity index (χ4v) is 2.95. The van der Waals surface area contributed by atoms with Crippen LogP contribution in [0.5, 0.6) is 0 Å². The van der Waals surface area contributed by atoms with Crippen LogP contribution in [0.15, 0.2) is 34.8 Å². The molecule has 2 aromatic rings. The SMILES string of the molecule is Nc1ccc2c(c1)CCC2Nc1cc(Br)c(F)cc1F. The highest BCUT2D eigenvalue weighted by atomic mass is 79.9. The number of benzene rings is 2. The third kappa shape index (κ3) is 2.38. The van der Waals surface area contributed by atoms with E-state index in [2.05, 4.69) is 21.2 Å². The molecule has 0 radical (unpaired) electrons. The summed E-state index contributed by atoms with van der Waals surface area (Å²) < 4.78 is 27.3. The molecule has 0 saturated carbocycles. The molecule has 3 rings (SSSR count). The van der Waals surface area contributed by atoms with Crippen LogP contribution in [0.4, 0.5) is 20.2 Å². The highest BCUT2D eigenvalue weighted by Gasteiger charge is 2.23. The molecule has 1 aliphatic carbocycles. The molecule has 0 amide bonds. The number of nitrogens with two attached hydrogens (primary N) is 1. The Labute approximate surface area is 124 Å². The van der Waals surface area contributed by atoms with E-state index in [1.807, 2.05) is 18.2 Å². The lowest BCUT2D eigenvalue weighted by atomic mass is 10.1. The first-order valence-electron chi connectivity index (χ1n) is 6.34. The van der Waals surface area contributed by atoms with Gasteiger partial charge in [-0.05, 0) is 58.1 Å². The topological polar surface area (TPSA) is 38.0 Å². The number of nitrogen functional groups attached to an aromatic ring is 1. The van der Waals surface area contributed by atoms with Crippen LogP contribution in [0.1, 0.15) is 23.6 Å². The van der Waals surface area contributed by atoms with Gasteiger partial charge in [-0.3, -0.25) is 0 Å². The standard InChI is InChI=1S/C15H13BrF2N2/c16-11-6-15(13(18)7-12(11)17)20-14-4-1-8-5-9(19)2-3-10(8)14/h2-3,5-7,14,20H,1,4,19H2. The molecule has 20 heavy (non-hydrogen) atoms. The first-order valence-corrected chi connectivity index (χ1v) is 7.13. The number of aryl methyl sites for hydroxylation is 1. The van der Waals surface area contributed by atoms with Crippen molar-refractivity contribution in [2.75, 3.05) is 11.1 Å². The van der Waals surface area contributed by atoms with E-state index in [-0.39, 0.29) is 10.5 Å². The fraction of sp³-hybridized carbons (Fsp3) is 0.200. The van der Waals surface area contributed by atoms with Gasteiger partial charge in [0.05, 0.1) is 16.2 Å². The van der Waals surface area contributed by atoms with E-state index < -0.39 is 11.6 Å². The molecule has 0 fully saturated rings. The molecule has 0 bridgehead atoms. The number of rotatable bonds is 2. The van der Waals surface area contributed by atoms with Crippen molar-refractivity contribution in [3.63, 3.8) is 0 Å². The Kier molecular flexibility index (Phi) is 3.38. The van der Waals surface area contributed by atoms with Crippen LogP contribution in [0.3, 0.4) is 0 Å². The van der Waals surface area contributed by atoms with Crippen molar-refractivity contribution in [1.82, 2.24) is 0 Å². The highest BCUT2D eigenvalue weighted by molar-refractivity contribution is 9.10. The Morgan fingerprint density at radius 1 is 1.15 bits per heavy atom. The Bertz CT molecular complexity index is 673. The van der Waals surface area contributed by atoms with Gasteiger partial charge in [0.25, 0.3) is 0 Å². The maximum absolute atomic E-state index is 13.8. The van der Waals surface area contributed by atoms with E-state index in [0.29, 0.717) is 5.69 Å². The minimum absolute atomic E-state index is 0.0254. The van der Waals surface area contributed by atoms with Crippen molar-refractivity contribution < 1.29 is 8.78 Å². The van der Waals surface area contributed by atoms with Gasteiger partial charge < -0.3 is 11.1 Å². The Morgan fingerprint density at radius 3 is 2.75 bits per heavy atom. The Balaban J connectivity index is 1.89. The van der Waals surface area contributed by atoms with Crippen molar-refractivity contribution in [2.24, 2.45) is 0 Å². The summed E-state index contributed by atoms with van der Waals surface area (Å²) in [5, 5.41) is 3.14. The van der Waals surface area contributed by atoms with E-state index in [9.17, 15) is 8.78 Å². The average Bonchev–Trinajstić information content (AvgIpc) is 2.78. The third-order valence-electron chi connectivity index (χ3n) is 3.58. The summed E-state index contributed by atoms with van der Waals surface area (Å²) >= 11 is 3.07. The summed E-state index contributed by atoms with van der Waals surface area (Å²) in [6.07, 6.45) is 1.77. The highest BCUT2D eigenvalue weighted by Crippen LogP contribution is 2.36. The first kappa shape index (κ1) is 13.4. The van der Waals surface area contributed by atoms with Crippen LogP contribution in [-0.4, -0.2) is 0 Å². The van der Waals surface area contributed by atoms with E-state index in [1.165, 1.54) is 11.6 Å². The molecule has 1 unspecified atom stereocenters. The molecule has 0 spiro atoms. The maximum Gasteiger partial charge on any atom is 0.149 e. The molecular weight excluding hydrogens is 326 g/mol. The Morgan fingerprint density at radius 2 is 1.95 bits per heavy atom. The molecule has 1 aliphatic rings. The van der Waals surface area contributed by atoms with Gasteiger partial charge in [0, 0.05) is 11.8 Å². The summed E-state index contributed by atoms with van der Waals surface area (Å²) in [4.78, 5) is 0. The largest absolute Gasteiger partial charge is 0.399 e. The monoisotopic (exact) mass is 338 g/mol. The number of anilines is 2. The minimum Gasteiger partial charge on any atom is -0.399 e. The lowest BCUT2D eigenvalue weighted by Gasteiger charge is -2.16. The van der Waals surface area contributed by atoms with Gasteiger partial charge in [0.2, 0.25) is 0 Å². The average molecular weight is 339 g/mol. The molecule has 3 N–H and O–H groups in total. The quantitative estimate of drug-likeness (QED) is 0.628. The fourth-order valence-electron chi connectivity index (χ4n) is 2.61. The summed E-state index contributed by atoms with van der Waals surface area (Å²) in [6.45, 7) is 0. The van der Waals surface area contributed by atoms with Gasteiger partial charge in [-0.2, -0.15) is 0 Å². The lowest BCUT2D eigenvalue weighted by molar-refractivity contribution is 0.578. The van der Waals surface area contributed by atoms with Crippen LogP contribution in [0, 0.1) is 11.6 Å². The van der Waals surface area contributed by atoms with Gasteiger partial charge in [-0.25, -0.2) is 8.78 Å². The lowest BCUT2D eigenvalue weighted by Crippen LogP contribution is -2.09. The second kappa shape index (κ2) is 5.05. The van der Waals surface area contributed by atoms with Crippen molar-refractivity contribution in [3.8, 4) is 0 Å². The van der Waals surface area contributed by atoms with E-state index in [4.69, 9.17) is 5.73 Å². The van der Waals surface area contributed by atoms with Crippen molar-refractivity contribution in [3.05, 3.63) is 57.6 Å². The molecule has 0 aromatic heterocycles. The molecular formula is C15H13BrF2N2. The van der Waals surface area contributed by atoms with Crippen molar-refractivity contribution >= 4 is 27.3 Å². The van der Waals surface area contributed by atoms with Gasteiger partial charge >= 0.3 is 0 Å². The second-order valence-electron chi connectivity index (χ2n) is 4.94. The van der Waals surface area contributed by atoms with Gasteiger partial charge in [0.15, 0.2) is 0 Å². The number of halogens is 3. The van der Waals surface area contributed by atoms with Gasteiger partial charge in [-0.1, -0.05) is 6.07 Å². The molecule has 2 nitrogen and oxygen atoms in total. The predicted molar refractivity (Wildman–Crippen MR) is 79.6 cm³/mol. The normalized spacial score (nSPS) is 17.1. The zero-order valence-electron chi connectivity index (χ0n) is 10.6. The maximum atomic E-state index is 13.8. The third-order valence-corrected chi connectivity index (χ3v) is 4.19. The van der Waals surface area contributed by atoms with Gasteiger partial charge in [0.1, 0.15) is 11.6 Å². The van der Waals surface area contributed by atoms with Crippen LogP contribution in [-0.2, 0) is 6.42 Å². The number of hydrogen-bond donors (Lipinski definition) is 2. The van der Waals surface area contributed by atoms with E-state index >= 15 is 0 Å². The summed E-state index contributed by atoms with van der Waals surface area (Å²) in [7, 11) is 0. The second-order valence-corrected chi connectivity index (χ2v) is 5.79. The zero-order valence-corrected chi connectivity index (χ0v) is 12.2. The van der Waals surface area contributed by atoms with Crippen LogP contribution < -0.4 is 11.1 Å². The zero-order chi connectivity index (χ0) is 14.3. The summed E-state index contributed by atoms with van der Waals surface area (Å²) in [5.74, 6) is -1.19. The van der Waals surface area contributed by atoms with Gasteiger partial charge in [-0.15, -0.1) is 0 Å². The predicted octanol–water partition coefficient (Wildman–Crippen LogP) is 4.41.